The Balaban J connectivity index is 3.51. The van der Waals surface area contributed by atoms with Gasteiger partial charge in [-0.05, 0) is 51.5 Å². The number of unbranched alkanes of at least 4 members (excludes halogenated alkanes) is 5. The highest BCUT2D eigenvalue weighted by Gasteiger charge is 2.14. The first-order chi connectivity index (χ1) is 10.2. The molecule has 0 aliphatic heterocycles. The second-order valence-electron chi connectivity index (χ2n) is 4.89. The van der Waals surface area contributed by atoms with Crippen LogP contribution in [0.3, 0.4) is 0 Å². The SMILES string of the molecule is CC=CCCCCCC#CC=CCCCC(OC)C(=O)O. The molecule has 3 heteroatoms. The smallest absolute Gasteiger partial charge is 0.332 e. The molecule has 0 fully saturated rings. The lowest BCUT2D eigenvalue weighted by Gasteiger charge is -2.08. The number of hydrogen-bond donors (Lipinski definition) is 1. The summed E-state index contributed by atoms with van der Waals surface area (Å²) in [6, 6.07) is 0. The molecule has 1 N–H and O–H groups in total. The fourth-order valence-electron chi connectivity index (χ4n) is 1.86. The van der Waals surface area contributed by atoms with Crippen molar-refractivity contribution in [1.29, 1.82) is 0 Å². The molecule has 21 heavy (non-hydrogen) atoms. The number of carbonyl (C=O) groups is 1. The standard InChI is InChI=1S/C18H28O3/c1-3-4-5-6-7-8-9-10-11-12-13-14-15-16-17(21-2)18(19)20/h3-4,12-13,17H,5-9,14-16H2,1-2H3,(H,19,20). The first-order valence-corrected chi connectivity index (χ1v) is 7.72. The molecule has 3 nitrogen and oxygen atoms in total. The van der Waals surface area contributed by atoms with Crippen LogP contribution in [-0.4, -0.2) is 24.3 Å². The lowest BCUT2D eigenvalue weighted by Crippen LogP contribution is -2.21. The molecule has 0 radical (unpaired) electrons. The van der Waals surface area contributed by atoms with Gasteiger partial charge in [0.1, 0.15) is 0 Å². The average Bonchev–Trinajstić information content (AvgIpc) is 2.47. The van der Waals surface area contributed by atoms with E-state index in [2.05, 4.69) is 30.9 Å². The molecule has 0 rings (SSSR count). The van der Waals surface area contributed by atoms with Gasteiger partial charge in [0.05, 0.1) is 0 Å². The molecule has 1 atom stereocenters. The first-order valence-electron chi connectivity index (χ1n) is 7.72. The number of carboxylic acid groups (broad SMARTS) is 1. The summed E-state index contributed by atoms with van der Waals surface area (Å²) in [5, 5.41) is 8.80. The third-order valence-electron chi connectivity index (χ3n) is 3.11. The van der Waals surface area contributed by atoms with E-state index in [4.69, 9.17) is 9.84 Å². The van der Waals surface area contributed by atoms with Gasteiger partial charge in [0.15, 0.2) is 6.10 Å². The fraction of sp³-hybridized carbons (Fsp3) is 0.611. The summed E-state index contributed by atoms with van der Waals surface area (Å²) in [4.78, 5) is 10.7. The highest BCUT2D eigenvalue weighted by Crippen LogP contribution is 2.05. The molecule has 0 aromatic carbocycles. The molecule has 0 saturated carbocycles. The van der Waals surface area contributed by atoms with E-state index >= 15 is 0 Å². The Bertz CT molecular complexity index is 372. The van der Waals surface area contributed by atoms with Crippen LogP contribution in [0.15, 0.2) is 24.3 Å². The third-order valence-corrected chi connectivity index (χ3v) is 3.11. The number of hydrogen-bond acceptors (Lipinski definition) is 2. The zero-order valence-corrected chi connectivity index (χ0v) is 13.3. The maximum absolute atomic E-state index is 10.7. The van der Waals surface area contributed by atoms with E-state index in [-0.39, 0.29) is 0 Å². The molecule has 0 spiro atoms. The predicted octanol–water partition coefficient (Wildman–Crippen LogP) is 4.34. The van der Waals surface area contributed by atoms with Crippen molar-refractivity contribution in [3.8, 4) is 11.8 Å². The van der Waals surface area contributed by atoms with Crippen molar-refractivity contribution in [2.45, 2.75) is 64.4 Å². The zero-order chi connectivity index (χ0) is 15.8. The number of carboxylic acids is 1. The van der Waals surface area contributed by atoms with E-state index in [0.717, 1.165) is 25.7 Å². The fourth-order valence-corrected chi connectivity index (χ4v) is 1.86. The normalized spacial score (nSPS) is 12.5. The minimum atomic E-state index is -0.893. The summed E-state index contributed by atoms with van der Waals surface area (Å²) >= 11 is 0. The Morgan fingerprint density at radius 1 is 1.19 bits per heavy atom. The number of ether oxygens (including phenoxy) is 1. The van der Waals surface area contributed by atoms with E-state index in [1.165, 1.54) is 26.4 Å². The Morgan fingerprint density at radius 3 is 2.62 bits per heavy atom. The molecule has 0 aliphatic carbocycles. The highest BCUT2D eigenvalue weighted by atomic mass is 16.5. The Labute approximate surface area is 129 Å². The molecule has 118 valence electrons. The van der Waals surface area contributed by atoms with Crippen LogP contribution in [0.2, 0.25) is 0 Å². The van der Waals surface area contributed by atoms with Crippen LogP contribution >= 0.6 is 0 Å². The van der Waals surface area contributed by atoms with Crippen molar-refractivity contribution in [3.05, 3.63) is 24.3 Å². The van der Waals surface area contributed by atoms with Gasteiger partial charge in [0.2, 0.25) is 0 Å². The molecular weight excluding hydrogens is 264 g/mol. The van der Waals surface area contributed by atoms with Gasteiger partial charge >= 0.3 is 5.97 Å². The number of rotatable bonds is 11. The Kier molecular flexibility index (Phi) is 13.8. The van der Waals surface area contributed by atoms with Gasteiger partial charge in [0.25, 0.3) is 0 Å². The topological polar surface area (TPSA) is 46.5 Å². The van der Waals surface area contributed by atoms with Gasteiger partial charge in [-0.25, -0.2) is 4.79 Å². The van der Waals surface area contributed by atoms with Gasteiger partial charge in [-0.3, -0.25) is 0 Å². The molecule has 0 heterocycles. The first kappa shape index (κ1) is 19.5. The van der Waals surface area contributed by atoms with Crippen LogP contribution < -0.4 is 0 Å². The van der Waals surface area contributed by atoms with Crippen LogP contribution in [0.1, 0.15) is 58.3 Å². The number of aliphatic carboxylic acids is 1. The minimum absolute atomic E-state index is 0.538. The maximum Gasteiger partial charge on any atom is 0.332 e. The molecule has 0 aliphatic rings. The summed E-state index contributed by atoms with van der Waals surface area (Å²) in [7, 11) is 1.43. The zero-order valence-electron chi connectivity index (χ0n) is 13.3. The van der Waals surface area contributed by atoms with Crippen LogP contribution in [0.4, 0.5) is 0 Å². The lowest BCUT2D eigenvalue weighted by atomic mass is 10.1. The lowest BCUT2D eigenvalue weighted by molar-refractivity contribution is -0.148. The van der Waals surface area contributed by atoms with Gasteiger partial charge < -0.3 is 9.84 Å². The van der Waals surface area contributed by atoms with Gasteiger partial charge in [-0.1, -0.05) is 36.5 Å². The van der Waals surface area contributed by atoms with Crippen molar-refractivity contribution < 1.29 is 14.6 Å². The van der Waals surface area contributed by atoms with E-state index in [9.17, 15) is 4.79 Å². The second kappa shape index (κ2) is 14.9. The van der Waals surface area contributed by atoms with Crippen LogP contribution in [0.25, 0.3) is 0 Å². The van der Waals surface area contributed by atoms with Crippen molar-refractivity contribution in [2.75, 3.05) is 7.11 Å². The minimum Gasteiger partial charge on any atom is -0.479 e. The largest absolute Gasteiger partial charge is 0.479 e. The van der Waals surface area contributed by atoms with Crippen molar-refractivity contribution in [3.63, 3.8) is 0 Å². The quantitative estimate of drug-likeness (QED) is 0.350. The van der Waals surface area contributed by atoms with E-state index < -0.39 is 12.1 Å². The van der Waals surface area contributed by atoms with E-state index in [1.807, 2.05) is 12.2 Å². The van der Waals surface area contributed by atoms with Crippen LogP contribution in [0, 0.1) is 11.8 Å². The molecule has 1 unspecified atom stereocenters. The number of methoxy groups -OCH3 is 1. The summed E-state index contributed by atoms with van der Waals surface area (Å²) in [5.41, 5.74) is 0. The van der Waals surface area contributed by atoms with Gasteiger partial charge in [-0.15, -0.1) is 0 Å². The molecule has 0 aromatic rings. The Hall–Kier alpha value is -1.53. The predicted molar refractivity (Wildman–Crippen MR) is 87.1 cm³/mol. The maximum atomic E-state index is 10.7. The summed E-state index contributed by atoms with van der Waals surface area (Å²) in [6.07, 6.45) is 15.4. The number of allylic oxidation sites excluding steroid dienone is 4. The van der Waals surface area contributed by atoms with E-state index in [0.29, 0.717) is 6.42 Å². The molecule has 0 saturated heterocycles. The summed E-state index contributed by atoms with van der Waals surface area (Å²) in [6.45, 7) is 2.05. The summed E-state index contributed by atoms with van der Waals surface area (Å²) in [5.74, 6) is 5.26. The second-order valence-corrected chi connectivity index (χ2v) is 4.89. The van der Waals surface area contributed by atoms with Crippen molar-refractivity contribution >= 4 is 5.97 Å². The van der Waals surface area contributed by atoms with Crippen LogP contribution in [-0.2, 0) is 9.53 Å². The van der Waals surface area contributed by atoms with Gasteiger partial charge in [-0.2, -0.15) is 0 Å². The summed E-state index contributed by atoms with van der Waals surface area (Å²) < 4.78 is 4.86. The van der Waals surface area contributed by atoms with Crippen LogP contribution in [0.5, 0.6) is 0 Å². The van der Waals surface area contributed by atoms with Crippen molar-refractivity contribution in [1.82, 2.24) is 0 Å². The Morgan fingerprint density at radius 2 is 1.95 bits per heavy atom. The molecule has 0 amide bonds. The average molecular weight is 292 g/mol. The van der Waals surface area contributed by atoms with Gasteiger partial charge in [0, 0.05) is 13.5 Å². The molecule has 0 aromatic heterocycles. The third kappa shape index (κ3) is 13.2. The van der Waals surface area contributed by atoms with E-state index in [1.54, 1.807) is 0 Å². The van der Waals surface area contributed by atoms with Crippen molar-refractivity contribution in [2.24, 2.45) is 0 Å². The molecular formula is C18H28O3. The monoisotopic (exact) mass is 292 g/mol. The molecule has 0 bridgehead atoms. The highest BCUT2D eigenvalue weighted by molar-refractivity contribution is 5.72.